The summed E-state index contributed by atoms with van der Waals surface area (Å²) < 4.78 is 0. The van der Waals surface area contributed by atoms with Gasteiger partial charge < -0.3 is 5.11 Å². The number of carbonyl (C=O) groups excluding carboxylic acids is 1. The quantitative estimate of drug-likeness (QED) is 0.766. The summed E-state index contributed by atoms with van der Waals surface area (Å²) in [6, 6.07) is 2.95. The standard InChI is InChI=1S/C10H9ClO3/c1-5-4-8(10(13)14)6(2)3-7(5)9(11)12/h3-4H,1-2H3,(H,13,14). The molecule has 74 valence electrons. The Morgan fingerprint density at radius 1 is 1.14 bits per heavy atom. The van der Waals surface area contributed by atoms with Gasteiger partial charge >= 0.3 is 5.97 Å². The third-order valence-electron chi connectivity index (χ3n) is 2.01. The summed E-state index contributed by atoms with van der Waals surface area (Å²) in [7, 11) is 0. The van der Waals surface area contributed by atoms with Gasteiger partial charge in [0.05, 0.1) is 5.56 Å². The molecule has 0 bridgehead atoms. The predicted octanol–water partition coefficient (Wildman–Crippen LogP) is 2.38. The lowest BCUT2D eigenvalue weighted by Crippen LogP contribution is -2.03. The van der Waals surface area contributed by atoms with Gasteiger partial charge in [-0.05, 0) is 48.7 Å². The lowest BCUT2D eigenvalue weighted by Gasteiger charge is -2.05. The van der Waals surface area contributed by atoms with Crippen LogP contribution in [0.25, 0.3) is 0 Å². The van der Waals surface area contributed by atoms with Crippen molar-refractivity contribution in [2.45, 2.75) is 13.8 Å². The maximum atomic E-state index is 10.9. The van der Waals surface area contributed by atoms with Crippen molar-refractivity contribution >= 4 is 22.8 Å². The first-order valence-electron chi connectivity index (χ1n) is 3.98. The maximum absolute atomic E-state index is 10.9. The van der Waals surface area contributed by atoms with E-state index in [1.165, 1.54) is 12.1 Å². The fraction of sp³-hybridized carbons (Fsp3) is 0.200. The highest BCUT2D eigenvalue weighted by Gasteiger charge is 2.13. The molecule has 0 radical (unpaired) electrons. The summed E-state index contributed by atoms with van der Waals surface area (Å²) in [5.74, 6) is -1.00. The largest absolute Gasteiger partial charge is 0.478 e. The van der Waals surface area contributed by atoms with Crippen LogP contribution in [0.3, 0.4) is 0 Å². The molecule has 3 nitrogen and oxygen atoms in total. The van der Waals surface area contributed by atoms with Gasteiger partial charge in [0.25, 0.3) is 5.24 Å². The van der Waals surface area contributed by atoms with E-state index in [2.05, 4.69) is 0 Å². The molecule has 0 amide bonds. The second kappa shape index (κ2) is 3.80. The molecule has 14 heavy (non-hydrogen) atoms. The van der Waals surface area contributed by atoms with Crippen LogP contribution in [0.5, 0.6) is 0 Å². The molecule has 1 rings (SSSR count). The minimum absolute atomic E-state index is 0.198. The van der Waals surface area contributed by atoms with Gasteiger partial charge in [0.2, 0.25) is 0 Å². The van der Waals surface area contributed by atoms with E-state index in [4.69, 9.17) is 16.7 Å². The number of hydrogen-bond donors (Lipinski definition) is 1. The molecule has 4 heteroatoms. The maximum Gasteiger partial charge on any atom is 0.335 e. The van der Waals surface area contributed by atoms with Gasteiger partial charge in [0.15, 0.2) is 0 Å². The Kier molecular flexibility index (Phi) is 2.91. The van der Waals surface area contributed by atoms with E-state index in [0.29, 0.717) is 16.7 Å². The SMILES string of the molecule is Cc1cc(C(=O)Cl)c(C)cc1C(=O)O. The van der Waals surface area contributed by atoms with Gasteiger partial charge in [0.1, 0.15) is 0 Å². The van der Waals surface area contributed by atoms with Crippen molar-refractivity contribution in [1.29, 1.82) is 0 Å². The Hall–Kier alpha value is -1.35. The summed E-state index contributed by atoms with van der Waals surface area (Å²) >= 11 is 5.33. The van der Waals surface area contributed by atoms with Gasteiger partial charge in [-0.25, -0.2) is 4.79 Å². The van der Waals surface area contributed by atoms with Gasteiger partial charge in [-0.15, -0.1) is 0 Å². The van der Waals surface area contributed by atoms with Crippen molar-refractivity contribution in [3.8, 4) is 0 Å². The first-order chi connectivity index (χ1) is 6.43. The Balaban J connectivity index is 3.38. The Morgan fingerprint density at radius 2 is 1.57 bits per heavy atom. The molecule has 0 fully saturated rings. The summed E-state index contributed by atoms with van der Waals surface area (Å²) in [5.41, 5.74) is 1.67. The zero-order chi connectivity index (χ0) is 10.9. The van der Waals surface area contributed by atoms with Crippen LogP contribution in [0.4, 0.5) is 0 Å². The van der Waals surface area contributed by atoms with E-state index in [0.717, 1.165) is 0 Å². The Labute approximate surface area is 86.3 Å². The number of carboxylic acid groups (broad SMARTS) is 1. The van der Waals surface area contributed by atoms with Crippen LogP contribution in [0, 0.1) is 13.8 Å². The summed E-state index contributed by atoms with van der Waals surface area (Å²) in [6.07, 6.45) is 0. The molecule has 0 atom stereocenters. The van der Waals surface area contributed by atoms with Gasteiger partial charge in [-0.3, -0.25) is 4.79 Å². The molecular formula is C10H9ClO3. The third kappa shape index (κ3) is 1.93. The van der Waals surface area contributed by atoms with Crippen molar-refractivity contribution < 1.29 is 14.7 Å². The topological polar surface area (TPSA) is 54.4 Å². The second-order valence-electron chi connectivity index (χ2n) is 3.06. The minimum Gasteiger partial charge on any atom is -0.478 e. The Morgan fingerprint density at radius 3 is 2.00 bits per heavy atom. The van der Waals surface area contributed by atoms with Gasteiger partial charge in [0, 0.05) is 5.56 Å². The molecule has 1 N–H and O–H groups in total. The predicted molar refractivity (Wildman–Crippen MR) is 53.1 cm³/mol. The monoisotopic (exact) mass is 212 g/mol. The molecule has 0 spiro atoms. The van der Waals surface area contributed by atoms with Crippen molar-refractivity contribution in [2.75, 3.05) is 0 Å². The lowest BCUT2D eigenvalue weighted by molar-refractivity contribution is 0.0695. The summed E-state index contributed by atoms with van der Waals surface area (Å²) in [5, 5.41) is 8.23. The van der Waals surface area contributed by atoms with Crippen LogP contribution in [0.1, 0.15) is 31.8 Å². The molecule has 1 aromatic rings. The highest BCUT2D eigenvalue weighted by atomic mass is 35.5. The number of hydrogen-bond acceptors (Lipinski definition) is 2. The first kappa shape index (κ1) is 10.7. The smallest absolute Gasteiger partial charge is 0.335 e. The van der Waals surface area contributed by atoms with Crippen LogP contribution < -0.4 is 0 Å². The van der Waals surface area contributed by atoms with Gasteiger partial charge in [-0.1, -0.05) is 0 Å². The van der Waals surface area contributed by atoms with Crippen molar-refractivity contribution in [3.63, 3.8) is 0 Å². The van der Waals surface area contributed by atoms with E-state index >= 15 is 0 Å². The van der Waals surface area contributed by atoms with E-state index in [1.54, 1.807) is 13.8 Å². The fourth-order valence-electron chi connectivity index (χ4n) is 1.26. The number of aromatic carboxylic acids is 1. The van der Waals surface area contributed by atoms with Crippen molar-refractivity contribution in [1.82, 2.24) is 0 Å². The third-order valence-corrected chi connectivity index (χ3v) is 2.22. The highest BCUT2D eigenvalue weighted by molar-refractivity contribution is 6.67. The van der Waals surface area contributed by atoms with Crippen LogP contribution in [-0.2, 0) is 0 Å². The molecular weight excluding hydrogens is 204 g/mol. The molecule has 0 aliphatic rings. The summed E-state index contributed by atoms with van der Waals surface area (Å²) in [4.78, 5) is 21.7. The number of carboxylic acids is 1. The molecule has 0 unspecified atom stereocenters. The zero-order valence-corrected chi connectivity index (χ0v) is 8.55. The molecule has 0 saturated carbocycles. The van der Waals surface area contributed by atoms with Gasteiger partial charge in [-0.2, -0.15) is 0 Å². The normalized spacial score (nSPS) is 9.93. The highest BCUT2D eigenvalue weighted by Crippen LogP contribution is 2.17. The molecule has 0 heterocycles. The second-order valence-corrected chi connectivity index (χ2v) is 3.40. The average molecular weight is 213 g/mol. The summed E-state index contributed by atoms with van der Waals surface area (Å²) in [6.45, 7) is 3.29. The number of halogens is 1. The van der Waals surface area contributed by atoms with Crippen LogP contribution in [0.15, 0.2) is 12.1 Å². The Bertz CT molecular complexity index is 370. The van der Waals surface area contributed by atoms with Crippen LogP contribution in [-0.4, -0.2) is 16.3 Å². The van der Waals surface area contributed by atoms with E-state index in [9.17, 15) is 9.59 Å². The zero-order valence-electron chi connectivity index (χ0n) is 7.80. The molecule has 1 aromatic carbocycles. The minimum atomic E-state index is -1.00. The van der Waals surface area contributed by atoms with E-state index in [-0.39, 0.29) is 5.56 Å². The average Bonchev–Trinajstić information content (AvgIpc) is 2.07. The molecule has 0 aliphatic heterocycles. The van der Waals surface area contributed by atoms with Crippen molar-refractivity contribution in [3.05, 3.63) is 34.4 Å². The number of rotatable bonds is 2. The number of carbonyl (C=O) groups is 2. The molecule has 0 saturated heterocycles. The number of benzene rings is 1. The molecule has 0 aromatic heterocycles. The van der Waals surface area contributed by atoms with Crippen LogP contribution in [0.2, 0.25) is 0 Å². The first-order valence-corrected chi connectivity index (χ1v) is 4.35. The van der Waals surface area contributed by atoms with E-state index in [1.807, 2.05) is 0 Å². The molecule has 0 aliphatic carbocycles. The van der Waals surface area contributed by atoms with Crippen molar-refractivity contribution in [2.24, 2.45) is 0 Å². The lowest BCUT2D eigenvalue weighted by atomic mass is 10.0. The van der Waals surface area contributed by atoms with E-state index < -0.39 is 11.2 Å². The number of aryl methyl sites for hydroxylation is 2. The fourth-order valence-corrected chi connectivity index (χ4v) is 1.46. The van der Waals surface area contributed by atoms with Crippen LogP contribution >= 0.6 is 11.6 Å².